The maximum absolute atomic E-state index is 12.5. The van der Waals surface area contributed by atoms with Crippen LogP contribution < -0.4 is 11.3 Å². The summed E-state index contributed by atoms with van der Waals surface area (Å²) in [4.78, 5) is 3.83. The minimum absolute atomic E-state index is 0.00611. The number of anilines is 1. The van der Waals surface area contributed by atoms with Crippen LogP contribution in [-0.4, -0.2) is 42.0 Å². The Morgan fingerprint density at radius 3 is 2.75 bits per heavy atom. The number of aliphatic hydroxyl groups is 1. The third kappa shape index (κ3) is 2.93. The van der Waals surface area contributed by atoms with Crippen LogP contribution in [0, 0.1) is 0 Å². The van der Waals surface area contributed by atoms with Gasteiger partial charge in [-0.05, 0) is 18.9 Å². The standard InChI is InChI=1S/C12H20N4O3S/c1-16(9-12(17)5-2-3-6-12)20(18,19)11-8-14-7-4-10(11)15-13/h4,7-8,17H,2-3,5-6,9,13H2,1H3,(H,14,15). The average Bonchev–Trinajstić information content (AvgIpc) is 2.85. The summed E-state index contributed by atoms with van der Waals surface area (Å²) in [5.41, 5.74) is 1.70. The fourth-order valence-corrected chi connectivity index (χ4v) is 3.91. The molecule has 0 aromatic carbocycles. The van der Waals surface area contributed by atoms with E-state index in [1.807, 2.05) is 0 Å². The van der Waals surface area contributed by atoms with Crippen molar-refractivity contribution in [3.63, 3.8) is 0 Å². The molecule has 0 saturated heterocycles. The Labute approximate surface area is 118 Å². The van der Waals surface area contributed by atoms with Crippen LogP contribution >= 0.6 is 0 Å². The molecule has 1 aliphatic carbocycles. The lowest BCUT2D eigenvalue weighted by atomic mass is 10.0. The van der Waals surface area contributed by atoms with E-state index in [1.165, 1.54) is 25.5 Å². The number of nitrogens with two attached hydrogens (primary N) is 1. The second-order valence-electron chi connectivity index (χ2n) is 5.21. The number of nitrogen functional groups attached to an aromatic ring is 1. The van der Waals surface area contributed by atoms with Gasteiger partial charge in [0, 0.05) is 26.0 Å². The highest BCUT2D eigenvalue weighted by Gasteiger charge is 2.36. The van der Waals surface area contributed by atoms with E-state index in [4.69, 9.17) is 5.84 Å². The monoisotopic (exact) mass is 300 g/mol. The molecule has 0 bridgehead atoms. The minimum atomic E-state index is -3.74. The van der Waals surface area contributed by atoms with Gasteiger partial charge in [-0.3, -0.25) is 10.8 Å². The zero-order valence-corrected chi connectivity index (χ0v) is 12.2. The zero-order valence-electron chi connectivity index (χ0n) is 11.4. The van der Waals surface area contributed by atoms with E-state index in [2.05, 4.69) is 10.4 Å². The first kappa shape index (κ1) is 15.2. The Morgan fingerprint density at radius 1 is 1.50 bits per heavy atom. The fraction of sp³-hybridized carbons (Fsp3) is 0.583. The van der Waals surface area contributed by atoms with Gasteiger partial charge in [-0.2, -0.15) is 4.31 Å². The van der Waals surface area contributed by atoms with Gasteiger partial charge in [0.05, 0.1) is 11.3 Å². The van der Waals surface area contributed by atoms with E-state index in [-0.39, 0.29) is 17.1 Å². The summed E-state index contributed by atoms with van der Waals surface area (Å²) in [5, 5.41) is 10.3. The van der Waals surface area contributed by atoms with Gasteiger partial charge in [-0.1, -0.05) is 12.8 Å². The molecule has 2 rings (SSSR count). The molecule has 1 aromatic heterocycles. The van der Waals surface area contributed by atoms with Crippen LogP contribution in [0.2, 0.25) is 0 Å². The maximum atomic E-state index is 12.5. The average molecular weight is 300 g/mol. The maximum Gasteiger partial charge on any atom is 0.246 e. The molecule has 0 spiro atoms. The molecule has 1 heterocycles. The molecule has 0 aliphatic heterocycles. The summed E-state index contributed by atoms with van der Waals surface area (Å²) >= 11 is 0. The molecular formula is C12H20N4O3S. The van der Waals surface area contributed by atoms with Crippen molar-refractivity contribution < 1.29 is 13.5 Å². The van der Waals surface area contributed by atoms with E-state index in [0.29, 0.717) is 12.8 Å². The van der Waals surface area contributed by atoms with E-state index in [1.54, 1.807) is 0 Å². The van der Waals surface area contributed by atoms with Crippen molar-refractivity contribution in [1.29, 1.82) is 0 Å². The summed E-state index contributed by atoms with van der Waals surface area (Å²) in [6.07, 6.45) is 5.81. The zero-order chi connectivity index (χ0) is 14.8. The number of nitrogens with zero attached hydrogens (tertiary/aromatic N) is 2. The third-order valence-corrected chi connectivity index (χ3v) is 5.51. The topological polar surface area (TPSA) is 109 Å². The number of nitrogens with one attached hydrogen (secondary N) is 1. The first-order valence-electron chi connectivity index (χ1n) is 6.48. The van der Waals surface area contributed by atoms with Gasteiger partial charge < -0.3 is 10.5 Å². The molecule has 7 nitrogen and oxygen atoms in total. The summed E-state index contributed by atoms with van der Waals surface area (Å²) in [6.45, 7) is 0.0776. The molecule has 0 atom stereocenters. The number of aromatic nitrogens is 1. The predicted octanol–water partition coefficient (Wildman–Crippen LogP) is 0.293. The Morgan fingerprint density at radius 2 is 2.15 bits per heavy atom. The van der Waals surface area contributed by atoms with Crippen LogP contribution in [0.5, 0.6) is 0 Å². The van der Waals surface area contributed by atoms with Crippen LogP contribution in [0.3, 0.4) is 0 Å². The highest BCUT2D eigenvalue weighted by atomic mass is 32.2. The van der Waals surface area contributed by atoms with Crippen molar-refractivity contribution >= 4 is 15.7 Å². The van der Waals surface area contributed by atoms with Crippen LogP contribution in [0.25, 0.3) is 0 Å². The number of likely N-dealkylation sites (N-methyl/N-ethyl adjacent to an activating group) is 1. The number of rotatable bonds is 5. The summed E-state index contributed by atoms with van der Waals surface area (Å²) in [7, 11) is -2.28. The molecule has 1 fully saturated rings. The lowest BCUT2D eigenvalue weighted by molar-refractivity contribution is 0.0333. The number of hydrazine groups is 1. The lowest BCUT2D eigenvalue weighted by Crippen LogP contribution is -2.42. The van der Waals surface area contributed by atoms with Gasteiger partial charge >= 0.3 is 0 Å². The van der Waals surface area contributed by atoms with Gasteiger partial charge in [-0.25, -0.2) is 8.42 Å². The molecule has 0 amide bonds. The molecule has 20 heavy (non-hydrogen) atoms. The Bertz CT molecular complexity index is 570. The van der Waals surface area contributed by atoms with Crippen LogP contribution in [0.4, 0.5) is 5.69 Å². The first-order valence-corrected chi connectivity index (χ1v) is 7.92. The third-order valence-electron chi connectivity index (χ3n) is 3.68. The van der Waals surface area contributed by atoms with Crippen molar-refractivity contribution in [2.75, 3.05) is 19.0 Å². The van der Waals surface area contributed by atoms with Crippen LogP contribution in [0.15, 0.2) is 23.4 Å². The predicted molar refractivity (Wildman–Crippen MR) is 75.3 cm³/mol. The Hall–Kier alpha value is -1.22. The lowest BCUT2D eigenvalue weighted by Gasteiger charge is -2.28. The van der Waals surface area contributed by atoms with Crippen molar-refractivity contribution in [2.24, 2.45) is 5.84 Å². The molecule has 0 unspecified atom stereocenters. The summed E-state index contributed by atoms with van der Waals surface area (Å²) in [6, 6.07) is 1.49. The van der Waals surface area contributed by atoms with E-state index in [0.717, 1.165) is 17.1 Å². The first-order chi connectivity index (χ1) is 9.39. The highest BCUT2D eigenvalue weighted by Crippen LogP contribution is 2.32. The SMILES string of the molecule is CN(CC1(O)CCCC1)S(=O)(=O)c1cnccc1NN. The van der Waals surface area contributed by atoms with Gasteiger partial charge in [0.15, 0.2) is 0 Å². The molecule has 0 radical (unpaired) electrons. The summed E-state index contributed by atoms with van der Waals surface area (Å²) < 4.78 is 26.2. The van der Waals surface area contributed by atoms with Crippen molar-refractivity contribution in [1.82, 2.24) is 9.29 Å². The molecule has 1 aliphatic rings. The van der Waals surface area contributed by atoms with Crippen LogP contribution in [-0.2, 0) is 10.0 Å². The Kier molecular flexibility index (Phi) is 4.28. The summed E-state index contributed by atoms with van der Waals surface area (Å²) in [5.74, 6) is 5.33. The van der Waals surface area contributed by atoms with Crippen molar-refractivity contribution in [3.8, 4) is 0 Å². The van der Waals surface area contributed by atoms with Crippen molar-refractivity contribution in [3.05, 3.63) is 18.5 Å². The largest absolute Gasteiger partial charge is 0.389 e. The second kappa shape index (κ2) is 5.65. The molecule has 8 heteroatoms. The fourth-order valence-electron chi connectivity index (χ4n) is 2.56. The van der Waals surface area contributed by atoms with E-state index < -0.39 is 15.6 Å². The Balaban J connectivity index is 2.25. The van der Waals surface area contributed by atoms with E-state index in [9.17, 15) is 13.5 Å². The minimum Gasteiger partial charge on any atom is -0.389 e. The number of hydrogen-bond donors (Lipinski definition) is 3. The number of hydrogen-bond acceptors (Lipinski definition) is 6. The molecular weight excluding hydrogens is 280 g/mol. The van der Waals surface area contributed by atoms with Gasteiger partial charge in [0.2, 0.25) is 10.0 Å². The molecule has 1 aromatic rings. The van der Waals surface area contributed by atoms with Crippen LogP contribution in [0.1, 0.15) is 25.7 Å². The smallest absolute Gasteiger partial charge is 0.246 e. The molecule has 4 N–H and O–H groups in total. The van der Waals surface area contributed by atoms with Gasteiger partial charge in [-0.15, -0.1) is 0 Å². The quantitative estimate of drug-likeness (QED) is 0.533. The van der Waals surface area contributed by atoms with Crippen molar-refractivity contribution in [2.45, 2.75) is 36.2 Å². The van der Waals surface area contributed by atoms with Gasteiger partial charge in [0.25, 0.3) is 0 Å². The number of sulfonamides is 1. The highest BCUT2D eigenvalue weighted by molar-refractivity contribution is 7.89. The number of pyridine rings is 1. The molecule has 1 saturated carbocycles. The molecule has 112 valence electrons. The second-order valence-corrected chi connectivity index (χ2v) is 7.22. The van der Waals surface area contributed by atoms with Gasteiger partial charge in [0.1, 0.15) is 4.90 Å². The van der Waals surface area contributed by atoms with E-state index >= 15 is 0 Å². The normalized spacial score (nSPS) is 18.4.